The Hall–Kier alpha value is -1.28. The van der Waals surface area contributed by atoms with Crippen LogP contribution in [0.5, 0.6) is 0 Å². The lowest BCUT2D eigenvalue weighted by atomic mass is 10.1. The SMILES string of the molecule is O=S(=O)(C1CCN(c2ncc(F)cn2)CC1)N1CCCCC1. The van der Waals surface area contributed by atoms with Crippen LogP contribution in [0.2, 0.25) is 0 Å². The van der Waals surface area contributed by atoms with E-state index in [2.05, 4.69) is 9.97 Å². The Morgan fingerprint density at radius 2 is 1.59 bits per heavy atom. The Morgan fingerprint density at radius 1 is 1.00 bits per heavy atom. The summed E-state index contributed by atoms with van der Waals surface area (Å²) in [5, 5.41) is -0.317. The molecule has 0 unspecified atom stereocenters. The van der Waals surface area contributed by atoms with Gasteiger partial charge in [-0.05, 0) is 25.7 Å². The van der Waals surface area contributed by atoms with E-state index in [0.717, 1.165) is 31.7 Å². The van der Waals surface area contributed by atoms with Crippen molar-refractivity contribution >= 4 is 16.0 Å². The molecule has 0 saturated carbocycles. The van der Waals surface area contributed by atoms with Crippen LogP contribution in [-0.2, 0) is 10.0 Å². The van der Waals surface area contributed by atoms with Crippen LogP contribution in [-0.4, -0.2) is 54.1 Å². The van der Waals surface area contributed by atoms with Gasteiger partial charge in [-0.25, -0.2) is 27.1 Å². The Bertz CT molecular complexity index is 594. The summed E-state index contributed by atoms with van der Waals surface area (Å²) in [5.74, 6) is 0.00142. The first-order valence-corrected chi connectivity index (χ1v) is 9.29. The molecule has 0 atom stereocenters. The first kappa shape index (κ1) is 15.6. The fraction of sp³-hybridized carbons (Fsp3) is 0.714. The number of rotatable bonds is 3. The van der Waals surface area contributed by atoms with Crippen LogP contribution in [0, 0.1) is 5.82 Å². The van der Waals surface area contributed by atoms with Gasteiger partial charge >= 0.3 is 0 Å². The van der Waals surface area contributed by atoms with Crippen molar-refractivity contribution in [3.8, 4) is 0 Å². The molecule has 122 valence electrons. The van der Waals surface area contributed by atoms with Crippen LogP contribution in [0.4, 0.5) is 10.3 Å². The second-order valence-corrected chi connectivity index (χ2v) is 8.11. The molecule has 22 heavy (non-hydrogen) atoms. The van der Waals surface area contributed by atoms with Gasteiger partial charge in [0.15, 0.2) is 5.82 Å². The molecular weight excluding hydrogens is 307 g/mol. The third kappa shape index (κ3) is 3.22. The van der Waals surface area contributed by atoms with Crippen LogP contribution in [0.25, 0.3) is 0 Å². The van der Waals surface area contributed by atoms with E-state index in [-0.39, 0.29) is 5.25 Å². The number of nitrogens with zero attached hydrogens (tertiary/aromatic N) is 4. The summed E-state index contributed by atoms with van der Waals surface area (Å²) in [5.41, 5.74) is 0. The summed E-state index contributed by atoms with van der Waals surface area (Å²) >= 11 is 0. The summed E-state index contributed by atoms with van der Waals surface area (Å²) < 4.78 is 39.8. The van der Waals surface area contributed by atoms with E-state index in [1.807, 2.05) is 4.90 Å². The van der Waals surface area contributed by atoms with Gasteiger partial charge < -0.3 is 4.90 Å². The molecule has 0 bridgehead atoms. The normalized spacial score (nSPS) is 22.0. The lowest BCUT2D eigenvalue weighted by Gasteiger charge is -2.35. The topological polar surface area (TPSA) is 66.4 Å². The molecule has 2 aliphatic rings. The van der Waals surface area contributed by atoms with Crippen molar-refractivity contribution in [1.29, 1.82) is 0 Å². The summed E-state index contributed by atoms with van der Waals surface area (Å²) in [6.45, 7) is 2.49. The van der Waals surface area contributed by atoms with Crippen molar-refractivity contribution in [3.63, 3.8) is 0 Å². The summed E-state index contributed by atoms with van der Waals surface area (Å²) in [4.78, 5) is 9.84. The monoisotopic (exact) mass is 328 g/mol. The maximum Gasteiger partial charge on any atom is 0.225 e. The van der Waals surface area contributed by atoms with Crippen molar-refractivity contribution < 1.29 is 12.8 Å². The van der Waals surface area contributed by atoms with Crippen LogP contribution in [0.3, 0.4) is 0 Å². The lowest BCUT2D eigenvalue weighted by molar-refractivity contribution is 0.338. The van der Waals surface area contributed by atoms with E-state index in [9.17, 15) is 12.8 Å². The molecule has 0 aromatic carbocycles. The number of halogens is 1. The van der Waals surface area contributed by atoms with E-state index in [1.54, 1.807) is 4.31 Å². The Labute approximate surface area is 130 Å². The third-order valence-electron chi connectivity index (χ3n) is 4.43. The average Bonchev–Trinajstić information content (AvgIpc) is 2.56. The van der Waals surface area contributed by atoms with Crippen LogP contribution in [0.15, 0.2) is 12.4 Å². The summed E-state index contributed by atoms with van der Waals surface area (Å²) in [6.07, 6.45) is 6.45. The zero-order valence-corrected chi connectivity index (χ0v) is 13.3. The van der Waals surface area contributed by atoms with Crippen LogP contribution in [0.1, 0.15) is 32.1 Å². The van der Waals surface area contributed by atoms with Gasteiger partial charge in [0, 0.05) is 26.2 Å². The fourth-order valence-corrected chi connectivity index (χ4v) is 5.15. The van der Waals surface area contributed by atoms with Gasteiger partial charge in [-0.15, -0.1) is 0 Å². The molecule has 3 rings (SSSR count). The zero-order valence-electron chi connectivity index (χ0n) is 12.5. The second-order valence-electron chi connectivity index (χ2n) is 5.89. The Kier molecular flexibility index (Phi) is 4.58. The quantitative estimate of drug-likeness (QED) is 0.839. The van der Waals surface area contributed by atoms with E-state index in [1.165, 1.54) is 0 Å². The highest BCUT2D eigenvalue weighted by Gasteiger charge is 2.35. The molecule has 2 fully saturated rings. The molecule has 2 saturated heterocycles. The van der Waals surface area contributed by atoms with E-state index in [0.29, 0.717) is 45.0 Å². The predicted octanol–water partition coefficient (Wildman–Crippen LogP) is 1.40. The van der Waals surface area contributed by atoms with Crippen molar-refractivity contribution in [3.05, 3.63) is 18.2 Å². The number of hydrogen-bond acceptors (Lipinski definition) is 5. The number of hydrogen-bond donors (Lipinski definition) is 0. The van der Waals surface area contributed by atoms with Gasteiger partial charge in [0.2, 0.25) is 16.0 Å². The van der Waals surface area contributed by atoms with Crippen molar-refractivity contribution in [2.45, 2.75) is 37.4 Å². The van der Waals surface area contributed by atoms with E-state index < -0.39 is 15.8 Å². The van der Waals surface area contributed by atoms with Crippen LogP contribution < -0.4 is 4.90 Å². The van der Waals surface area contributed by atoms with Gasteiger partial charge in [0.25, 0.3) is 0 Å². The van der Waals surface area contributed by atoms with Crippen LogP contribution >= 0.6 is 0 Å². The fourth-order valence-electron chi connectivity index (χ4n) is 3.15. The van der Waals surface area contributed by atoms with Gasteiger partial charge in [0.05, 0.1) is 17.6 Å². The maximum atomic E-state index is 12.8. The first-order chi connectivity index (χ1) is 10.6. The van der Waals surface area contributed by atoms with Crippen molar-refractivity contribution in [1.82, 2.24) is 14.3 Å². The zero-order chi connectivity index (χ0) is 15.6. The largest absolute Gasteiger partial charge is 0.341 e. The molecule has 3 heterocycles. The lowest BCUT2D eigenvalue weighted by Crippen LogP contribution is -2.47. The standard InChI is InChI=1S/C14H21FN4O2S/c15-12-10-16-14(17-11-12)18-8-4-13(5-9-18)22(20,21)19-6-2-1-3-7-19/h10-11,13H,1-9H2. The molecule has 0 aliphatic carbocycles. The molecule has 1 aromatic heterocycles. The molecule has 0 radical (unpaired) electrons. The smallest absolute Gasteiger partial charge is 0.225 e. The minimum Gasteiger partial charge on any atom is -0.341 e. The van der Waals surface area contributed by atoms with Gasteiger partial charge in [-0.3, -0.25) is 0 Å². The minimum absolute atomic E-state index is 0.317. The summed E-state index contributed by atoms with van der Waals surface area (Å²) in [7, 11) is -3.19. The maximum absolute atomic E-state index is 12.8. The molecule has 8 heteroatoms. The molecule has 0 spiro atoms. The number of aromatic nitrogens is 2. The second kappa shape index (κ2) is 6.45. The third-order valence-corrected chi connectivity index (χ3v) is 6.83. The van der Waals surface area contributed by atoms with Gasteiger partial charge in [0.1, 0.15) is 0 Å². The van der Waals surface area contributed by atoms with Gasteiger partial charge in [-0.1, -0.05) is 6.42 Å². The Balaban J connectivity index is 1.62. The number of sulfonamides is 1. The van der Waals surface area contributed by atoms with Crippen molar-refractivity contribution in [2.24, 2.45) is 0 Å². The first-order valence-electron chi connectivity index (χ1n) is 7.79. The molecule has 6 nitrogen and oxygen atoms in total. The number of anilines is 1. The molecule has 0 amide bonds. The summed E-state index contributed by atoms with van der Waals surface area (Å²) in [6, 6.07) is 0. The predicted molar refractivity (Wildman–Crippen MR) is 81.6 cm³/mol. The van der Waals surface area contributed by atoms with E-state index in [4.69, 9.17) is 0 Å². The molecule has 2 aliphatic heterocycles. The number of piperidine rings is 2. The highest BCUT2D eigenvalue weighted by atomic mass is 32.2. The van der Waals surface area contributed by atoms with Crippen molar-refractivity contribution in [2.75, 3.05) is 31.1 Å². The van der Waals surface area contributed by atoms with Gasteiger partial charge in [-0.2, -0.15) is 0 Å². The highest BCUT2D eigenvalue weighted by Crippen LogP contribution is 2.25. The van der Waals surface area contributed by atoms with E-state index >= 15 is 0 Å². The Morgan fingerprint density at radius 3 is 2.18 bits per heavy atom. The molecule has 0 N–H and O–H groups in total. The molecular formula is C14H21FN4O2S. The average molecular weight is 328 g/mol. The highest BCUT2D eigenvalue weighted by molar-refractivity contribution is 7.89. The molecule has 1 aromatic rings. The minimum atomic E-state index is -3.19.